The van der Waals surface area contributed by atoms with Crippen molar-refractivity contribution in [3.8, 4) is 0 Å². The van der Waals surface area contributed by atoms with Crippen molar-refractivity contribution in [3.63, 3.8) is 0 Å². The Hall–Kier alpha value is -0.120. The average Bonchev–Trinajstić information content (AvgIpc) is 2.32. The average molecular weight is 158 g/mol. The van der Waals surface area contributed by atoms with Gasteiger partial charge in [0.05, 0.1) is 12.2 Å². The van der Waals surface area contributed by atoms with Crippen LogP contribution in [0.3, 0.4) is 0 Å². The fourth-order valence-corrected chi connectivity index (χ4v) is 1.00. The summed E-state index contributed by atoms with van der Waals surface area (Å²) in [5.41, 5.74) is -0.00965. The van der Waals surface area contributed by atoms with Gasteiger partial charge in [0.2, 0.25) is 0 Å². The quantitative estimate of drug-likeness (QED) is 0.607. The molecule has 1 atom stereocenters. The van der Waals surface area contributed by atoms with Gasteiger partial charge in [-0.05, 0) is 20.8 Å². The lowest BCUT2D eigenvalue weighted by Crippen LogP contribution is -2.33. The molecule has 0 spiro atoms. The first-order valence-electron chi connectivity index (χ1n) is 4.16. The molecular weight excluding hydrogens is 140 g/mol. The molecule has 3 heteroatoms. The van der Waals surface area contributed by atoms with Gasteiger partial charge in [-0.15, -0.1) is 0 Å². The number of ether oxygens (including phenoxy) is 1. The Morgan fingerprint density at radius 1 is 1.45 bits per heavy atom. The molecule has 0 aromatic carbocycles. The molecule has 1 fully saturated rings. The third kappa shape index (κ3) is 3.70. The highest BCUT2D eigenvalue weighted by atomic mass is 16.5. The summed E-state index contributed by atoms with van der Waals surface area (Å²) in [6.45, 7) is 8.98. The molecule has 1 saturated heterocycles. The maximum absolute atomic E-state index is 5.61. The highest BCUT2D eigenvalue weighted by Gasteiger charge is 2.17. The fourth-order valence-electron chi connectivity index (χ4n) is 1.00. The van der Waals surface area contributed by atoms with E-state index in [0.717, 1.165) is 19.8 Å². The van der Waals surface area contributed by atoms with Gasteiger partial charge in [-0.3, -0.25) is 5.32 Å². The Morgan fingerprint density at radius 3 is 2.64 bits per heavy atom. The van der Waals surface area contributed by atoms with Gasteiger partial charge in [0, 0.05) is 19.3 Å². The first-order chi connectivity index (χ1) is 5.08. The summed E-state index contributed by atoms with van der Waals surface area (Å²) >= 11 is 0. The molecule has 11 heavy (non-hydrogen) atoms. The summed E-state index contributed by atoms with van der Waals surface area (Å²) in [5.74, 6) is 0. The fraction of sp³-hybridized carbons (Fsp3) is 1.00. The smallest absolute Gasteiger partial charge is 0.0639 e. The molecule has 1 heterocycles. The Bertz CT molecular complexity index is 114. The van der Waals surface area contributed by atoms with Crippen molar-refractivity contribution in [2.45, 2.75) is 32.4 Å². The monoisotopic (exact) mass is 158 g/mol. The minimum atomic E-state index is -0.00965. The van der Waals surface area contributed by atoms with Gasteiger partial charge in [-0.2, -0.15) is 0 Å². The zero-order chi connectivity index (χ0) is 8.32. The lowest BCUT2D eigenvalue weighted by molar-refractivity contribution is -0.0108. The van der Waals surface area contributed by atoms with E-state index in [2.05, 4.69) is 31.4 Å². The predicted molar refractivity (Wildman–Crippen MR) is 45.5 cm³/mol. The standard InChI is InChI=1S/C8H18N2O/c1-8(2,3)11-5-7-4-9-6-10-7/h7,9-10H,4-6H2,1-3H3/t7-/m0/s1. The van der Waals surface area contributed by atoms with Crippen LogP contribution in [0.4, 0.5) is 0 Å². The van der Waals surface area contributed by atoms with Crippen molar-refractivity contribution in [1.82, 2.24) is 10.6 Å². The van der Waals surface area contributed by atoms with Crippen molar-refractivity contribution in [3.05, 3.63) is 0 Å². The summed E-state index contributed by atoms with van der Waals surface area (Å²) in [5, 5.41) is 6.51. The molecule has 3 nitrogen and oxygen atoms in total. The summed E-state index contributed by atoms with van der Waals surface area (Å²) in [4.78, 5) is 0. The van der Waals surface area contributed by atoms with Crippen LogP contribution >= 0.6 is 0 Å². The van der Waals surface area contributed by atoms with Gasteiger partial charge in [-0.25, -0.2) is 0 Å². The zero-order valence-corrected chi connectivity index (χ0v) is 7.61. The van der Waals surface area contributed by atoms with Crippen LogP contribution < -0.4 is 10.6 Å². The minimum absolute atomic E-state index is 0.00965. The van der Waals surface area contributed by atoms with Crippen LogP contribution in [-0.2, 0) is 4.74 Å². The molecular formula is C8H18N2O. The highest BCUT2D eigenvalue weighted by molar-refractivity contribution is 4.75. The number of hydrogen-bond acceptors (Lipinski definition) is 3. The van der Waals surface area contributed by atoms with Crippen molar-refractivity contribution < 1.29 is 4.74 Å². The van der Waals surface area contributed by atoms with E-state index in [4.69, 9.17) is 4.74 Å². The third-order valence-electron chi connectivity index (χ3n) is 1.62. The number of nitrogens with one attached hydrogen (secondary N) is 2. The second-order valence-electron chi connectivity index (χ2n) is 3.96. The second kappa shape index (κ2) is 3.52. The van der Waals surface area contributed by atoms with Gasteiger partial charge in [0.25, 0.3) is 0 Å². The molecule has 1 aliphatic rings. The molecule has 1 rings (SSSR count). The summed E-state index contributed by atoms with van der Waals surface area (Å²) in [6.07, 6.45) is 0. The maximum atomic E-state index is 5.61. The molecule has 0 unspecified atom stereocenters. The Labute approximate surface area is 68.5 Å². The second-order valence-corrected chi connectivity index (χ2v) is 3.96. The van der Waals surface area contributed by atoms with Crippen LogP contribution in [0.1, 0.15) is 20.8 Å². The van der Waals surface area contributed by atoms with Crippen molar-refractivity contribution in [2.75, 3.05) is 19.8 Å². The normalized spacial score (nSPS) is 25.9. The first kappa shape index (κ1) is 8.97. The van der Waals surface area contributed by atoms with E-state index in [9.17, 15) is 0 Å². The minimum Gasteiger partial charge on any atom is -0.374 e. The van der Waals surface area contributed by atoms with Crippen LogP contribution in [0.25, 0.3) is 0 Å². The van der Waals surface area contributed by atoms with E-state index in [-0.39, 0.29) is 5.60 Å². The molecule has 0 saturated carbocycles. The Morgan fingerprint density at radius 2 is 2.18 bits per heavy atom. The van der Waals surface area contributed by atoms with Crippen LogP contribution in [0, 0.1) is 0 Å². The lowest BCUT2D eigenvalue weighted by atomic mass is 10.2. The third-order valence-corrected chi connectivity index (χ3v) is 1.62. The van der Waals surface area contributed by atoms with Gasteiger partial charge in [-0.1, -0.05) is 0 Å². The Balaban J connectivity index is 2.11. The maximum Gasteiger partial charge on any atom is 0.0639 e. The molecule has 1 aliphatic heterocycles. The van der Waals surface area contributed by atoms with E-state index in [1.165, 1.54) is 0 Å². The highest BCUT2D eigenvalue weighted by Crippen LogP contribution is 2.07. The number of hydrogen-bond donors (Lipinski definition) is 2. The van der Waals surface area contributed by atoms with Gasteiger partial charge < -0.3 is 10.1 Å². The van der Waals surface area contributed by atoms with Gasteiger partial charge in [0.15, 0.2) is 0 Å². The molecule has 0 amide bonds. The molecule has 0 aromatic heterocycles. The first-order valence-corrected chi connectivity index (χ1v) is 4.16. The molecule has 0 aromatic rings. The van der Waals surface area contributed by atoms with Gasteiger partial charge in [0.1, 0.15) is 0 Å². The van der Waals surface area contributed by atoms with E-state index in [1.807, 2.05) is 0 Å². The Kier molecular flexibility index (Phi) is 2.87. The summed E-state index contributed by atoms with van der Waals surface area (Å²) < 4.78 is 5.61. The van der Waals surface area contributed by atoms with Crippen LogP contribution in [0.5, 0.6) is 0 Å². The van der Waals surface area contributed by atoms with Crippen molar-refractivity contribution in [1.29, 1.82) is 0 Å². The lowest BCUT2D eigenvalue weighted by Gasteiger charge is -2.21. The molecule has 0 bridgehead atoms. The van der Waals surface area contributed by atoms with E-state index >= 15 is 0 Å². The SMILES string of the molecule is CC(C)(C)OC[C@@H]1CNCN1. The van der Waals surface area contributed by atoms with Crippen molar-refractivity contribution in [2.24, 2.45) is 0 Å². The largest absolute Gasteiger partial charge is 0.374 e. The van der Waals surface area contributed by atoms with Gasteiger partial charge >= 0.3 is 0 Å². The van der Waals surface area contributed by atoms with Crippen LogP contribution in [0.2, 0.25) is 0 Å². The van der Waals surface area contributed by atoms with Crippen LogP contribution in [-0.4, -0.2) is 31.5 Å². The van der Waals surface area contributed by atoms with E-state index in [0.29, 0.717) is 6.04 Å². The molecule has 66 valence electrons. The predicted octanol–water partition coefficient (Wildman–Crippen LogP) is 0.320. The molecule has 2 N–H and O–H groups in total. The van der Waals surface area contributed by atoms with E-state index in [1.54, 1.807) is 0 Å². The topological polar surface area (TPSA) is 33.3 Å². The summed E-state index contributed by atoms with van der Waals surface area (Å²) in [6, 6.07) is 0.495. The summed E-state index contributed by atoms with van der Waals surface area (Å²) in [7, 11) is 0. The van der Waals surface area contributed by atoms with Crippen LogP contribution in [0.15, 0.2) is 0 Å². The van der Waals surface area contributed by atoms with Crippen molar-refractivity contribution >= 4 is 0 Å². The van der Waals surface area contributed by atoms with E-state index < -0.39 is 0 Å². The molecule has 0 aliphatic carbocycles. The zero-order valence-electron chi connectivity index (χ0n) is 7.61. The molecule has 0 radical (unpaired) electrons. The number of rotatable bonds is 2.